The third kappa shape index (κ3) is 5.63. The molecule has 118 valence electrons. The van der Waals surface area contributed by atoms with Gasteiger partial charge in [-0.3, -0.25) is 0 Å². The van der Waals surface area contributed by atoms with Gasteiger partial charge >= 0.3 is 5.97 Å². The lowest BCUT2D eigenvalue weighted by Gasteiger charge is -2.20. The highest BCUT2D eigenvalue weighted by Crippen LogP contribution is 2.20. The van der Waals surface area contributed by atoms with E-state index in [0.29, 0.717) is 17.9 Å². The molecule has 0 aliphatic carbocycles. The van der Waals surface area contributed by atoms with E-state index in [9.17, 15) is 4.79 Å². The van der Waals surface area contributed by atoms with Crippen molar-refractivity contribution in [2.75, 3.05) is 43.8 Å². The van der Waals surface area contributed by atoms with Crippen LogP contribution in [-0.4, -0.2) is 43.7 Å². The monoisotopic (exact) mass is 293 g/mol. The number of rotatable bonds is 9. The Kier molecular flexibility index (Phi) is 7.61. The van der Waals surface area contributed by atoms with Crippen molar-refractivity contribution in [3.05, 3.63) is 23.8 Å². The Bertz CT molecular complexity index is 449. The van der Waals surface area contributed by atoms with Crippen LogP contribution >= 0.6 is 0 Å². The van der Waals surface area contributed by atoms with E-state index in [1.807, 2.05) is 6.07 Å². The molecule has 21 heavy (non-hydrogen) atoms. The van der Waals surface area contributed by atoms with Gasteiger partial charge in [0.2, 0.25) is 0 Å². The highest BCUT2D eigenvalue weighted by atomic mass is 16.5. The van der Waals surface area contributed by atoms with Gasteiger partial charge in [0.15, 0.2) is 0 Å². The van der Waals surface area contributed by atoms with Crippen LogP contribution in [0.3, 0.4) is 0 Å². The van der Waals surface area contributed by atoms with Crippen LogP contribution in [0.4, 0.5) is 11.4 Å². The van der Waals surface area contributed by atoms with Crippen LogP contribution in [-0.2, 0) is 4.74 Å². The number of hydrogen-bond acceptors (Lipinski definition) is 5. The molecule has 0 fully saturated rings. The largest absolute Gasteiger partial charge is 0.462 e. The Morgan fingerprint density at radius 1 is 1.29 bits per heavy atom. The van der Waals surface area contributed by atoms with Crippen LogP contribution in [0.15, 0.2) is 18.2 Å². The molecule has 0 atom stereocenters. The smallest absolute Gasteiger partial charge is 0.340 e. The first kappa shape index (κ1) is 17.3. The Morgan fingerprint density at radius 3 is 2.67 bits per heavy atom. The van der Waals surface area contributed by atoms with Crippen molar-refractivity contribution >= 4 is 17.3 Å². The second-order valence-corrected chi connectivity index (χ2v) is 4.89. The summed E-state index contributed by atoms with van der Waals surface area (Å²) in [6.07, 6.45) is 1.14. The molecular formula is C16H27N3O2. The molecule has 1 aromatic rings. The van der Waals surface area contributed by atoms with Crippen molar-refractivity contribution in [3.63, 3.8) is 0 Å². The van der Waals surface area contributed by atoms with Crippen LogP contribution in [0.2, 0.25) is 0 Å². The number of nitrogens with zero attached hydrogens (tertiary/aromatic N) is 1. The molecule has 1 aromatic carbocycles. The molecule has 5 heteroatoms. The lowest BCUT2D eigenvalue weighted by atomic mass is 10.1. The predicted molar refractivity (Wildman–Crippen MR) is 87.7 cm³/mol. The van der Waals surface area contributed by atoms with E-state index in [2.05, 4.69) is 24.1 Å². The maximum atomic E-state index is 11.9. The van der Waals surface area contributed by atoms with Crippen LogP contribution in [0, 0.1) is 0 Å². The minimum atomic E-state index is -0.340. The Labute approximate surface area is 127 Å². The molecule has 0 radical (unpaired) electrons. The van der Waals surface area contributed by atoms with Crippen LogP contribution in [0.5, 0.6) is 0 Å². The molecule has 0 saturated heterocycles. The summed E-state index contributed by atoms with van der Waals surface area (Å²) in [4.78, 5) is 14.3. The number of hydrogen-bond donors (Lipinski definition) is 2. The van der Waals surface area contributed by atoms with Crippen molar-refractivity contribution in [3.8, 4) is 0 Å². The minimum absolute atomic E-state index is 0.340. The maximum absolute atomic E-state index is 11.9. The molecule has 0 spiro atoms. The van der Waals surface area contributed by atoms with E-state index in [1.165, 1.54) is 0 Å². The number of nitrogen functional groups attached to an aromatic ring is 1. The lowest BCUT2D eigenvalue weighted by molar-refractivity contribution is 0.0527. The Hall–Kier alpha value is -1.75. The quantitative estimate of drug-likeness (QED) is 0.541. The van der Waals surface area contributed by atoms with E-state index in [4.69, 9.17) is 10.5 Å². The van der Waals surface area contributed by atoms with E-state index in [-0.39, 0.29) is 5.97 Å². The molecule has 0 aliphatic heterocycles. The molecule has 0 amide bonds. The summed E-state index contributed by atoms with van der Waals surface area (Å²) >= 11 is 0. The van der Waals surface area contributed by atoms with Gasteiger partial charge in [0, 0.05) is 24.5 Å². The van der Waals surface area contributed by atoms with Gasteiger partial charge in [-0.25, -0.2) is 4.79 Å². The first-order valence-electron chi connectivity index (χ1n) is 7.65. The van der Waals surface area contributed by atoms with Crippen LogP contribution < -0.4 is 11.1 Å². The SMILES string of the molecule is CCCN(CC)CCNc1ccc(N)cc1C(=O)OCC. The number of ether oxygens (including phenoxy) is 1. The van der Waals surface area contributed by atoms with Gasteiger partial charge in [0.05, 0.1) is 12.2 Å². The topological polar surface area (TPSA) is 67.6 Å². The van der Waals surface area contributed by atoms with Gasteiger partial charge in [-0.2, -0.15) is 0 Å². The zero-order chi connectivity index (χ0) is 15.7. The second-order valence-electron chi connectivity index (χ2n) is 4.89. The standard InChI is InChI=1S/C16H27N3O2/c1-4-10-19(5-2)11-9-18-15-8-7-13(17)12-14(15)16(20)21-6-3/h7-8,12,18H,4-6,9-11,17H2,1-3H3. The second kappa shape index (κ2) is 9.23. The van der Waals surface area contributed by atoms with Gasteiger partial charge in [0.1, 0.15) is 0 Å². The number of nitrogens with one attached hydrogen (secondary N) is 1. The fourth-order valence-electron chi connectivity index (χ4n) is 2.19. The highest BCUT2D eigenvalue weighted by molar-refractivity contribution is 5.96. The van der Waals surface area contributed by atoms with E-state index < -0.39 is 0 Å². The molecule has 0 saturated carbocycles. The Balaban J connectivity index is 2.67. The summed E-state index contributed by atoms with van der Waals surface area (Å²) in [5.41, 5.74) is 7.58. The summed E-state index contributed by atoms with van der Waals surface area (Å²) in [6.45, 7) is 10.3. The fourth-order valence-corrected chi connectivity index (χ4v) is 2.19. The van der Waals surface area contributed by atoms with Crippen LogP contribution in [0.1, 0.15) is 37.6 Å². The third-order valence-corrected chi connectivity index (χ3v) is 3.27. The highest BCUT2D eigenvalue weighted by Gasteiger charge is 2.13. The molecule has 1 rings (SSSR count). The zero-order valence-corrected chi connectivity index (χ0v) is 13.3. The van der Waals surface area contributed by atoms with Crippen molar-refractivity contribution < 1.29 is 9.53 Å². The lowest BCUT2D eigenvalue weighted by Crippen LogP contribution is -2.30. The molecule has 5 nitrogen and oxygen atoms in total. The first-order chi connectivity index (χ1) is 10.1. The summed E-state index contributed by atoms with van der Waals surface area (Å²) in [5.74, 6) is -0.340. The summed E-state index contributed by atoms with van der Waals surface area (Å²) in [7, 11) is 0. The fraction of sp³-hybridized carbons (Fsp3) is 0.562. The van der Waals surface area contributed by atoms with Gasteiger partial charge in [-0.15, -0.1) is 0 Å². The number of likely N-dealkylation sites (N-methyl/N-ethyl adjacent to an activating group) is 1. The zero-order valence-electron chi connectivity index (χ0n) is 13.3. The number of carbonyl (C=O) groups is 1. The van der Waals surface area contributed by atoms with Gasteiger partial charge < -0.3 is 20.7 Å². The minimum Gasteiger partial charge on any atom is -0.462 e. The number of esters is 1. The van der Waals surface area contributed by atoms with Gasteiger partial charge in [-0.1, -0.05) is 13.8 Å². The third-order valence-electron chi connectivity index (χ3n) is 3.27. The average molecular weight is 293 g/mol. The molecule has 0 aromatic heterocycles. The van der Waals surface area contributed by atoms with Crippen molar-refractivity contribution in [2.24, 2.45) is 0 Å². The normalized spacial score (nSPS) is 10.7. The summed E-state index contributed by atoms with van der Waals surface area (Å²) < 4.78 is 5.07. The van der Waals surface area contributed by atoms with E-state index >= 15 is 0 Å². The number of carbonyl (C=O) groups excluding carboxylic acids is 1. The van der Waals surface area contributed by atoms with Crippen molar-refractivity contribution in [1.82, 2.24) is 4.90 Å². The predicted octanol–water partition coefficient (Wildman–Crippen LogP) is 2.59. The van der Waals surface area contributed by atoms with Gasteiger partial charge in [0.25, 0.3) is 0 Å². The van der Waals surface area contributed by atoms with Crippen molar-refractivity contribution in [2.45, 2.75) is 27.2 Å². The number of benzene rings is 1. The summed E-state index contributed by atoms with van der Waals surface area (Å²) in [6, 6.07) is 5.27. The van der Waals surface area contributed by atoms with Gasteiger partial charge in [-0.05, 0) is 44.6 Å². The number of anilines is 2. The first-order valence-corrected chi connectivity index (χ1v) is 7.65. The molecule has 3 N–H and O–H groups in total. The molecular weight excluding hydrogens is 266 g/mol. The Morgan fingerprint density at radius 2 is 2.05 bits per heavy atom. The number of nitrogens with two attached hydrogens (primary N) is 1. The molecule has 0 bridgehead atoms. The van der Waals surface area contributed by atoms with Crippen molar-refractivity contribution in [1.29, 1.82) is 0 Å². The molecule has 0 aliphatic rings. The van der Waals surface area contributed by atoms with Crippen LogP contribution in [0.25, 0.3) is 0 Å². The molecule has 0 heterocycles. The maximum Gasteiger partial charge on any atom is 0.340 e. The molecule has 0 unspecified atom stereocenters. The average Bonchev–Trinajstić information content (AvgIpc) is 2.47. The van der Waals surface area contributed by atoms with E-state index in [0.717, 1.165) is 38.3 Å². The summed E-state index contributed by atoms with van der Waals surface area (Å²) in [5, 5.41) is 3.30. The van der Waals surface area contributed by atoms with E-state index in [1.54, 1.807) is 19.1 Å².